The molecule has 0 unspecified atom stereocenters. The molecule has 0 aliphatic carbocycles. The molecule has 0 aromatic heterocycles. The molecule has 3 aromatic carbocycles. The minimum Gasteiger partial charge on any atom is -0.298 e. The van der Waals surface area contributed by atoms with Gasteiger partial charge in [0.2, 0.25) is 0 Å². The van der Waals surface area contributed by atoms with Gasteiger partial charge in [0.1, 0.15) is 11.6 Å². The Kier molecular flexibility index (Phi) is 4.29. The van der Waals surface area contributed by atoms with E-state index >= 15 is 0 Å². The second kappa shape index (κ2) is 6.54. The highest BCUT2D eigenvalue weighted by molar-refractivity contribution is 5.86. The van der Waals surface area contributed by atoms with Crippen LogP contribution in [-0.4, -0.2) is 12.6 Å². The van der Waals surface area contributed by atoms with E-state index in [2.05, 4.69) is 0 Å². The van der Waals surface area contributed by atoms with Crippen LogP contribution in [0.15, 0.2) is 60.7 Å². The molecule has 0 aliphatic rings. The number of hydrogen-bond acceptors (Lipinski definition) is 2. The zero-order valence-corrected chi connectivity index (χ0v) is 12.5. The van der Waals surface area contributed by atoms with Gasteiger partial charge in [-0.2, -0.15) is 0 Å². The first-order valence-corrected chi connectivity index (χ1v) is 7.23. The largest absolute Gasteiger partial charge is 0.298 e. The van der Waals surface area contributed by atoms with Crippen molar-refractivity contribution in [2.45, 2.75) is 0 Å². The van der Waals surface area contributed by atoms with Crippen LogP contribution in [0.2, 0.25) is 0 Å². The lowest BCUT2D eigenvalue weighted by molar-refractivity contribution is 0.111. The van der Waals surface area contributed by atoms with Gasteiger partial charge in [-0.25, -0.2) is 8.78 Å². The molecule has 4 heteroatoms. The highest BCUT2D eigenvalue weighted by atomic mass is 19.1. The molecule has 118 valence electrons. The molecule has 0 saturated carbocycles. The Morgan fingerprint density at radius 1 is 0.625 bits per heavy atom. The lowest BCUT2D eigenvalue weighted by Crippen LogP contribution is -1.92. The van der Waals surface area contributed by atoms with E-state index in [4.69, 9.17) is 0 Å². The quantitative estimate of drug-likeness (QED) is 0.639. The van der Waals surface area contributed by atoms with Crippen molar-refractivity contribution in [2.75, 3.05) is 0 Å². The van der Waals surface area contributed by atoms with Crippen molar-refractivity contribution in [3.8, 4) is 22.3 Å². The third-order valence-corrected chi connectivity index (χ3v) is 3.80. The number of benzene rings is 3. The van der Waals surface area contributed by atoms with Gasteiger partial charge in [0, 0.05) is 0 Å². The van der Waals surface area contributed by atoms with Crippen LogP contribution < -0.4 is 0 Å². The summed E-state index contributed by atoms with van der Waals surface area (Å²) in [6.45, 7) is 0. The predicted molar refractivity (Wildman–Crippen MR) is 88.0 cm³/mol. The van der Waals surface area contributed by atoms with Crippen LogP contribution in [0, 0.1) is 11.6 Å². The molecule has 0 spiro atoms. The van der Waals surface area contributed by atoms with Gasteiger partial charge in [-0.1, -0.05) is 36.4 Å². The maximum Gasteiger partial charge on any atom is 0.152 e. The molecule has 0 bridgehead atoms. The lowest BCUT2D eigenvalue weighted by Gasteiger charge is -2.11. The molecule has 3 rings (SSSR count). The standard InChI is InChI=1S/C20H12F2O2/c21-19-9-13(5-7-15(19)11-23)17-3-1-2-4-18(17)14-6-8-16(12-24)20(22)10-14/h1-12H. The molecule has 0 N–H and O–H groups in total. The van der Waals surface area contributed by atoms with Crippen LogP contribution in [-0.2, 0) is 0 Å². The number of halogens is 2. The van der Waals surface area contributed by atoms with Crippen LogP contribution in [0.4, 0.5) is 8.78 Å². The van der Waals surface area contributed by atoms with Crippen molar-refractivity contribution in [2.24, 2.45) is 0 Å². The summed E-state index contributed by atoms with van der Waals surface area (Å²) < 4.78 is 27.8. The van der Waals surface area contributed by atoms with E-state index in [1.165, 1.54) is 24.3 Å². The molecular weight excluding hydrogens is 310 g/mol. The summed E-state index contributed by atoms with van der Waals surface area (Å²) in [5.41, 5.74) is 2.52. The lowest BCUT2D eigenvalue weighted by atomic mass is 9.93. The van der Waals surface area contributed by atoms with Crippen molar-refractivity contribution in [1.29, 1.82) is 0 Å². The molecule has 2 nitrogen and oxygen atoms in total. The summed E-state index contributed by atoms with van der Waals surface area (Å²) in [5, 5.41) is 0. The van der Waals surface area contributed by atoms with Gasteiger partial charge in [0.05, 0.1) is 11.1 Å². The number of carbonyl (C=O) groups is 2. The van der Waals surface area contributed by atoms with Crippen LogP contribution >= 0.6 is 0 Å². The molecule has 3 aromatic rings. The molecule has 0 saturated heterocycles. The number of hydrogen-bond donors (Lipinski definition) is 0. The third-order valence-electron chi connectivity index (χ3n) is 3.80. The maximum absolute atomic E-state index is 13.9. The molecule has 0 fully saturated rings. The second-order valence-electron chi connectivity index (χ2n) is 5.25. The van der Waals surface area contributed by atoms with E-state index in [9.17, 15) is 18.4 Å². The van der Waals surface area contributed by atoms with Crippen molar-refractivity contribution in [1.82, 2.24) is 0 Å². The zero-order chi connectivity index (χ0) is 17.1. The van der Waals surface area contributed by atoms with Crippen LogP contribution in [0.3, 0.4) is 0 Å². The zero-order valence-electron chi connectivity index (χ0n) is 12.5. The van der Waals surface area contributed by atoms with Crippen molar-refractivity contribution >= 4 is 12.6 Å². The first-order chi connectivity index (χ1) is 11.6. The van der Waals surface area contributed by atoms with Gasteiger partial charge in [0.15, 0.2) is 12.6 Å². The Labute approximate surface area is 137 Å². The second-order valence-corrected chi connectivity index (χ2v) is 5.25. The summed E-state index contributed by atoms with van der Waals surface area (Å²) in [7, 11) is 0. The molecule has 0 amide bonds. The van der Waals surface area contributed by atoms with Gasteiger partial charge in [-0.3, -0.25) is 9.59 Å². The van der Waals surface area contributed by atoms with Gasteiger partial charge in [-0.05, 0) is 46.5 Å². The average molecular weight is 322 g/mol. The average Bonchev–Trinajstić information content (AvgIpc) is 2.61. The van der Waals surface area contributed by atoms with Gasteiger partial charge >= 0.3 is 0 Å². The van der Waals surface area contributed by atoms with Crippen LogP contribution in [0.5, 0.6) is 0 Å². The highest BCUT2D eigenvalue weighted by Gasteiger charge is 2.11. The minimum atomic E-state index is -0.611. The highest BCUT2D eigenvalue weighted by Crippen LogP contribution is 2.33. The first kappa shape index (κ1) is 15.7. The molecule has 0 radical (unpaired) electrons. The Hall–Kier alpha value is -3.14. The normalized spacial score (nSPS) is 10.4. The maximum atomic E-state index is 13.9. The van der Waals surface area contributed by atoms with Gasteiger partial charge < -0.3 is 0 Å². The fraction of sp³-hybridized carbons (Fsp3) is 0. The number of rotatable bonds is 4. The SMILES string of the molecule is O=Cc1ccc(-c2ccccc2-c2ccc(C=O)c(F)c2)cc1F. The van der Waals surface area contributed by atoms with Crippen molar-refractivity contribution in [3.05, 3.63) is 83.4 Å². The number of carbonyl (C=O) groups excluding carboxylic acids is 2. The van der Waals surface area contributed by atoms with Gasteiger partial charge in [-0.15, -0.1) is 0 Å². The van der Waals surface area contributed by atoms with Crippen molar-refractivity contribution in [3.63, 3.8) is 0 Å². The Bertz CT molecular complexity index is 856. The first-order valence-electron chi connectivity index (χ1n) is 7.23. The molecular formula is C20H12F2O2. The summed E-state index contributed by atoms with van der Waals surface area (Å²) in [5.74, 6) is -1.22. The van der Waals surface area contributed by atoms with E-state index in [1.807, 2.05) is 0 Å². The van der Waals surface area contributed by atoms with Crippen molar-refractivity contribution < 1.29 is 18.4 Å². The Morgan fingerprint density at radius 2 is 1.04 bits per heavy atom. The fourth-order valence-electron chi connectivity index (χ4n) is 2.57. The predicted octanol–water partition coefficient (Wildman–Crippen LogP) is 4.92. The fourth-order valence-corrected chi connectivity index (χ4v) is 2.57. The summed E-state index contributed by atoms with van der Waals surface area (Å²) >= 11 is 0. The smallest absolute Gasteiger partial charge is 0.152 e. The van der Waals surface area contributed by atoms with Crippen LogP contribution in [0.1, 0.15) is 20.7 Å². The van der Waals surface area contributed by atoms with E-state index < -0.39 is 11.6 Å². The van der Waals surface area contributed by atoms with E-state index in [1.54, 1.807) is 36.4 Å². The molecule has 0 aliphatic heterocycles. The minimum absolute atomic E-state index is 0.0161. The topological polar surface area (TPSA) is 34.1 Å². The van der Waals surface area contributed by atoms with E-state index in [0.717, 1.165) is 0 Å². The number of aldehydes is 2. The summed E-state index contributed by atoms with van der Waals surface area (Å²) in [6.07, 6.45) is 0.914. The Balaban J connectivity index is 2.15. The van der Waals surface area contributed by atoms with E-state index in [-0.39, 0.29) is 11.1 Å². The summed E-state index contributed by atoms with van der Waals surface area (Å²) in [6, 6.07) is 15.8. The third kappa shape index (κ3) is 2.86. The van der Waals surface area contributed by atoms with Gasteiger partial charge in [0.25, 0.3) is 0 Å². The molecule has 0 atom stereocenters. The van der Waals surface area contributed by atoms with Crippen LogP contribution in [0.25, 0.3) is 22.3 Å². The van der Waals surface area contributed by atoms with E-state index in [0.29, 0.717) is 34.8 Å². The Morgan fingerprint density at radius 3 is 1.38 bits per heavy atom. The molecule has 24 heavy (non-hydrogen) atoms. The monoisotopic (exact) mass is 322 g/mol. The molecule has 0 heterocycles. The summed E-state index contributed by atoms with van der Waals surface area (Å²) in [4.78, 5) is 21.5.